The fourth-order valence-corrected chi connectivity index (χ4v) is 5.19. The van der Waals surface area contributed by atoms with Crippen LogP contribution in [0.4, 0.5) is 0 Å². The van der Waals surface area contributed by atoms with Gasteiger partial charge in [0.15, 0.2) is 4.80 Å². The van der Waals surface area contributed by atoms with E-state index in [2.05, 4.69) is 46.9 Å². The van der Waals surface area contributed by atoms with Crippen molar-refractivity contribution in [3.05, 3.63) is 101 Å². The van der Waals surface area contributed by atoms with Crippen LogP contribution in [0.3, 0.4) is 0 Å². The maximum atomic E-state index is 13.6. The Morgan fingerprint density at radius 3 is 2.45 bits per heavy atom. The number of carbonyl (C=O) groups excluding carboxylic acids is 1. The molecule has 0 saturated heterocycles. The predicted molar refractivity (Wildman–Crippen MR) is 135 cm³/mol. The summed E-state index contributed by atoms with van der Waals surface area (Å²) in [6.45, 7) is 8.11. The first-order chi connectivity index (χ1) is 15.8. The first-order valence-corrected chi connectivity index (χ1v) is 12.5. The number of aromatic nitrogens is 1. The Bertz CT molecular complexity index is 1400. The number of carbonyl (C=O) groups is 1. The molecule has 0 amide bonds. The van der Waals surface area contributed by atoms with Crippen LogP contribution in [-0.2, 0) is 9.53 Å². The third kappa shape index (κ3) is 4.66. The van der Waals surface area contributed by atoms with Crippen LogP contribution < -0.4 is 14.9 Å². The summed E-state index contributed by atoms with van der Waals surface area (Å²) in [6, 6.07) is 15.2. The number of rotatable bonds is 5. The molecule has 0 aliphatic carbocycles. The molecule has 1 aromatic heterocycles. The lowest BCUT2D eigenvalue weighted by Crippen LogP contribution is -2.39. The number of halogens is 1. The molecule has 0 N–H and O–H groups in total. The molecule has 1 aliphatic heterocycles. The van der Waals surface area contributed by atoms with E-state index in [9.17, 15) is 9.59 Å². The minimum absolute atomic E-state index is 0.172. The maximum Gasteiger partial charge on any atom is 0.338 e. The van der Waals surface area contributed by atoms with Crippen molar-refractivity contribution in [1.82, 2.24) is 4.57 Å². The zero-order chi connectivity index (χ0) is 23.7. The van der Waals surface area contributed by atoms with Crippen molar-refractivity contribution in [2.24, 2.45) is 4.99 Å². The van der Waals surface area contributed by atoms with Gasteiger partial charge in [0.05, 0.1) is 28.5 Å². The smallest absolute Gasteiger partial charge is 0.338 e. The second-order valence-corrected chi connectivity index (χ2v) is 10.1. The van der Waals surface area contributed by atoms with Crippen LogP contribution in [0.25, 0.3) is 6.08 Å². The number of nitrogens with zero attached hydrogens (tertiary/aromatic N) is 2. The van der Waals surface area contributed by atoms with Crippen molar-refractivity contribution in [3.8, 4) is 0 Å². The Morgan fingerprint density at radius 2 is 1.85 bits per heavy atom. The summed E-state index contributed by atoms with van der Waals surface area (Å²) >= 11 is 4.79. The van der Waals surface area contributed by atoms with E-state index in [1.165, 1.54) is 16.9 Å². The number of allylic oxidation sites excluding steroid dienone is 1. The zero-order valence-corrected chi connectivity index (χ0v) is 21.4. The van der Waals surface area contributed by atoms with Gasteiger partial charge in [-0.2, -0.15) is 0 Å². The van der Waals surface area contributed by atoms with Gasteiger partial charge in [0.2, 0.25) is 0 Å². The minimum atomic E-state index is -0.598. The van der Waals surface area contributed by atoms with E-state index < -0.39 is 12.0 Å². The quantitative estimate of drug-likeness (QED) is 0.455. The standard InChI is InChI=1S/C26H25BrN2O3S/c1-5-32-25(31)22-16(4)28-26-29(23(22)19-10-12-20(27)13-11-19)24(30)21(33-26)14-17-6-8-18(9-7-17)15(2)3/h6-15,23H,5H2,1-4H3. The molecule has 1 unspecified atom stereocenters. The predicted octanol–water partition coefficient (Wildman–Crippen LogP) is 4.68. The molecule has 7 heteroatoms. The third-order valence-electron chi connectivity index (χ3n) is 5.60. The van der Waals surface area contributed by atoms with Gasteiger partial charge in [-0.3, -0.25) is 9.36 Å². The Morgan fingerprint density at radius 1 is 1.18 bits per heavy atom. The molecule has 1 atom stereocenters. The van der Waals surface area contributed by atoms with E-state index in [1.54, 1.807) is 18.4 Å². The van der Waals surface area contributed by atoms with E-state index in [0.717, 1.165) is 15.6 Å². The van der Waals surface area contributed by atoms with Gasteiger partial charge < -0.3 is 4.74 Å². The number of fused-ring (bicyclic) bond motifs is 1. The van der Waals surface area contributed by atoms with Gasteiger partial charge in [0.25, 0.3) is 5.56 Å². The topological polar surface area (TPSA) is 60.7 Å². The maximum absolute atomic E-state index is 13.6. The van der Waals surface area contributed by atoms with E-state index in [-0.39, 0.29) is 12.2 Å². The molecular formula is C26H25BrN2O3S. The van der Waals surface area contributed by atoms with Crippen molar-refractivity contribution < 1.29 is 9.53 Å². The molecule has 3 aromatic rings. The fourth-order valence-electron chi connectivity index (χ4n) is 3.88. The van der Waals surface area contributed by atoms with Crippen molar-refractivity contribution in [1.29, 1.82) is 0 Å². The Balaban J connectivity index is 1.90. The Hall–Kier alpha value is -2.77. The van der Waals surface area contributed by atoms with Gasteiger partial charge in [-0.05, 0) is 54.7 Å². The van der Waals surface area contributed by atoms with Gasteiger partial charge in [0, 0.05) is 4.47 Å². The number of thiazole rings is 1. The minimum Gasteiger partial charge on any atom is -0.463 e. The summed E-state index contributed by atoms with van der Waals surface area (Å²) in [5, 5.41) is 0. The van der Waals surface area contributed by atoms with Crippen LogP contribution in [0.15, 0.2) is 74.1 Å². The van der Waals surface area contributed by atoms with E-state index in [0.29, 0.717) is 26.5 Å². The molecule has 1 aliphatic rings. The molecule has 0 saturated carbocycles. The highest BCUT2D eigenvalue weighted by Gasteiger charge is 2.33. The van der Waals surface area contributed by atoms with E-state index >= 15 is 0 Å². The van der Waals surface area contributed by atoms with Crippen LogP contribution >= 0.6 is 27.3 Å². The molecule has 0 fully saturated rings. The first-order valence-electron chi connectivity index (χ1n) is 10.8. The van der Waals surface area contributed by atoms with Crippen LogP contribution in [-0.4, -0.2) is 17.1 Å². The normalized spacial score (nSPS) is 16.1. The average molecular weight is 525 g/mol. The summed E-state index contributed by atoms with van der Waals surface area (Å²) in [7, 11) is 0. The number of hydrogen-bond acceptors (Lipinski definition) is 5. The molecular weight excluding hydrogens is 500 g/mol. The largest absolute Gasteiger partial charge is 0.463 e. The Labute approximate surface area is 204 Å². The van der Waals surface area contributed by atoms with Crippen LogP contribution in [0, 0.1) is 0 Å². The highest BCUT2D eigenvalue weighted by molar-refractivity contribution is 9.10. The van der Waals surface area contributed by atoms with Crippen molar-refractivity contribution in [2.75, 3.05) is 6.61 Å². The summed E-state index contributed by atoms with van der Waals surface area (Å²) in [6.07, 6.45) is 1.88. The van der Waals surface area contributed by atoms with Gasteiger partial charge in [-0.1, -0.05) is 77.5 Å². The van der Waals surface area contributed by atoms with Crippen molar-refractivity contribution >= 4 is 39.3 Å². The van der Waals surface area contributed by atoms with Crippen LogP contribution in [0.5, 0.6) is 0 Å². The van der Waals surface area contributed by atoms with Gasteiger partial charge >= 0.3 is 5.97 Å². The van der Waals surface area contributed by atoms with Gasteiger partial charge in [-0.15, -0.1) is 0 Å². The summed E-state index contributed by atoms with van der Waals surface area (Å²) in [4.78, 5) is 31.7. The molecule has 4 rings (SSSR count). The molecule has 0 bridgehead atoms. The second kappa shape index (κ2) is 9.61. The molecule has 5 nitrogen and oxygen atoms in total. The molecule has 33 heavy (non-hydrogen) atoms. The van der Waals surface area contributed by atoms with Crippen molar-refractivity contribution in [2.45, 2.75) is 39.7 Å². The zero-order valence-electron chi connectivity index (χ0n) is 19.0. The molecule has 0 spiro atoms. The summed E-state index contributed by atoms with van der Waals surface area (Å²) in [5.74, 6) is -0.00948. The number of ether oxygens (including phenoxy) is 1. The fraction of sp³-hybridized carbons (Fsp3) is 0.269. The molecule has 2 heterocycles. The number of hydrogen-bond donors (Lipinski definition) is 0. The lowest BCUT2D eigenvalue weighted by Gasteiger charge is -2.24. The SMILES string of the molecule is CCOC(=O)C1=C(C)N=c2sc(=Cc3ccc(C(C)C)cc3)c(=O)n2C1c1ccc(Br)cc1. The van der Waals surface area contributed by atoms with Crippen LogP contribution in [0.1, 0.15) is 56.3 Å². The highest BCUT2D eigenvalue weighted by Crippen LogP contribution is 2.31. The molecule has 2 aromatic carbocycles. The molecule has 170 valence electrons. The van der Waals surface area contributed by atoms with E-state index in [1.807, 2.05) is 42.5 Å². The third-order valence-corrected chi connectivity index (χ3v) is 7.12. The lowest BCUT2D eigenvalue weighted by molar-refractivity contribution is -0.139. The van der Waals surface area contributed by atoms with E-state index in [4.69, 9.17) is 4.74 Å². The average Bonchev–Trinajstić information content (AvgIpc) is 3.08. The van der Waals surface area contributed by atoms with Gasteiger partial charge in [0.1, 0.15) is 0 Å². The lowest BCUT2D eigenvalue weighted by atomic mass is 9.96. The van der Waals surface area contributed by atoms with Gasteiger partial charge in [-0.25, -0.2) is 9.79 Å². The van der Waals surface area contributed by atoms with Crippen molar-refractivity contribution in [3.63, 3.8) is 0 Å². The Kier molecular flexibility index (Phi) is 6.81. The number of esters is 1. The highest BCUT2D eigenvalue weighted by atomic mass is 79.9. The number of benzene rings is 2. The summed E-state index contributed by atoms with van der Waals surface area (Å²) in [5.41, 5.74) is 3.80. The summed E-state index contributed by atoms with van der Waals surface area (Å²) < 4.78 is 8.44. The monoisotopic (exact) mass is 524 g/mol. The van der Waals surface area contributed by atoms with Crippen LogP contribution in [0.2, 0.25) is 0 Å². The molecule has 0 radical (unpaired) electrons. The second-order valence-electron chi connectivity index (χ2n) is 8.18. The first kappa shape index (κ1) is 23.4.